The van der Waals surface area contributed by atoms with Gasteiger partial charge in [-0.1, -0.05) is 18.2 Å². The van der Waals surface area contributed by atoms with E-state index < -0.39 is 0 Å². The van der Waals surface area contributed by atoms with Crippen LogP contribution in [0.4, 0.5) is 0 Å². The molecule has 2 heterocycles. The molecule has 2 aromatic heterocycles. The monoisotopic (exact) mass is 237 g/mol. The summed E-state index contributed by atoms with van der Waals surface area (Å²) in [6.45, 7) is 1.88. The average molecular weight is 237 g/mol. The van der Waals surface area contributed by atoms with E-state index in [1.807, 2.05) is 38.2 Å². The fourth-order valence-corrected chi connectivity index (χ4v) is 2.09. The number of aryl methyl sites for hydroxylation is 1. The number of nitriles is 1. The zero-order valence-electron chi connectivity index (χ0n) is 10.1. The van der Waals surface area contributed by atoms with Crippen molar-refractivity contribution >= 4 is 11.0 Å². The Hall–Kier alpha value is -2.54. The summed E-state index contributed by atoms with van der Waals surface area (Å²) >= 11 is 0. The maximum absolute atomic E-state index is 9.24. The number of rotatable bonds is 1. The molecule has 4 heteroatoms. The van der Waals surface area contributed by atoms with Crippen LogP contribution in [-0.4, -0.2) is 9.55 Å². The molecule has 0 saturated carbocycles. The van der Waals surface area contributed by atoms with E-state index in [4.69, 9.17) is 4.42 Å². The molecular formula is C14H11N3O. The average Bonchev–Trinajstić information content (AvgIpc) is 2.92. The highest BCUT2D eigenvalue weighted by molar-refractivity contribution is 5.93. The predicted octanol–water partition coefficient (Wildman–Crippen LogP) is 3.01. The number of furan rings is 1. The van der Waals surface area contributed by atoms with Gasteiger partial charge in [0, 0.05) is 18.0 Å². The summed E-state index contributed by atoms with van der Waals surface area (Å²) in [5.74, 6) is 0.812. The highest BCUT2D eigenvalue weighted by atomic mass is 16.3. The normalized spacial score (nSPS) is 10.7. The van der Waals surface area contributed by atoms with Crippen molar-refractivity contribution in [2.24, 2.45) is 7.05 Å². The van der Waals surface area contributed by atoms with Crippen LogP contribution in [0.3, 0.4) is 0 Å². The summed E-state index contributed by atoms with van der Waals surface area (Å²) in [5, 5.41) is 10.2. The molecule has 0 saturated heterocycles. The number of benzene rings is 1. The fraction of sp³-hybridized carbons (Fsp3) is 0.143. The Balaban J connectivity index is 2.34. The van der Waals surface area contributed by atoms with E-state index in [1.54, 1.807) is 10.8 Å². The van der Waals surface area contributed by atoms with Crippen molar-refractivity contribution < 1.29 is 4.42 Å². The number of fused-ring (bicyclic) bond motifs is 1. The Morgan fingerprint density at radius 1 is 1.33 bits per heavy atom. The zero-order chi connectivity index (χ0) is 12.7. The molecule has 0 unspecified atom stereocenters. The molecule has 3 rings (SSSR count). The van der Waals surface area contributed by atoms with E-state index in [-0.39, 0.29) is 0 Å². The van der Waals surface area contributed by atoms with Crippen LogP contribution in [0.25, 0.3) is 22.2 Å². The minimum absolute atomic E-state index is 0.555. The van der Waals surface area contributed by atoms with Crippen LogP contribution in [0.2, 0.25) is 0 Å². The van der Waals surface area contributed by atoms with E-state index >= 15 is 0 Å². The highest BCUT2D eigenvalue weighted by Gasteiger charge is 2.17. The van der Waals surface area contributed by atoms with Crippen molar-refractivity contribution in [1.29, 1.82) is 5.26 Å². The molecule has 1 aromatic carbocycles. The third-order valence-corrected chi connectivity index (χ3v) is 3.16. The number of hydrogen-bond donors (Lipinski definition) is 0. The van der Waals surface area contributed by atoms with Gasteiger partial charge < -0.3 is 8.98 Å². The summed E-state index contributed by atoms with van der Waals surface area (Å²) in [7, 11) is 1.84. The molecule has 0 aliphatic rings. The van der Waals surface area contributed by atoms with Crippen molar-refractivity contribution in [1.82, 2.24) is 9.55 Å². The van der Waals surface area contributed by atoms with Gasteiger partial charge in [0.15, 0.2) is 0 Å². The summed E-state index contributed by atoms with van der Waals surface area (Å²) in [4.78, 5) is 4.45. The lowest BCUT2D eigenvalue weighted by atomic mass is 10.1. The highest BCUT2D eigenvalue weighted by Crippen LogP contribution is 2.31. The van der Waals surface area contributed by atoms with Gasteiger partial charge in [0.1, 0.15) is 35.1 Å². The Kier molecular flexibility index (Phi) is 2.20. The van der Waals surface area contributed by atoms with Crippen LogP contribution in [0, 0.1) is 18.3 Å². The maximum atomic E-state index is 9.24. The Morgan fingerprint density at radius 2 is 2.11 bits per heavy atom. The van der Waals surface area contributed by atoms with Gasteiger partial charge in [-0.05, 0) is 13.0 Å². The van der Waals surface area contributed by atoms with Crippen LogP contribution in [0.1, 0.15) is 11.5 Å². The molecule has 3 aromatic rings. The summed E-state index contributed by atoms with van der Waals surface area (Å²) in [5.41, 5.74) is 2.91. The lowest BCUT2D eigenvalue weighted by molar-refractivity contribution is 0.617. The number of nitrogens with zero attached hydrogens (tertiary/aromatic N) is 3. The number of imidazole rings is 1. The molecule has 0 aliphatic carbocycles. The van der Waals surface area contributed by atoms with E-state index in [9.17, 15) is 5.26 Å². The van der Waals surface area contributed by atoms with Gasteiger partial charge in [-0.15, -0.1) is 0 Å². The topological polar surface area (TPSA) is 54.8 Å². The van der Waals surface area contributed by atoms with Crippen molar-refractivity contribution in [2.75, 3.05) is 0 Å². The second kappa shape index (κ2) is 3.74. The van der Waals surface area contributed by atoms with E-state index in [1.165, 1.54) is 0 Å². The standard InChI is InChI=1S/C14H11N3O/c1-9-16-14(12(7-15)17(9)2)11-8-18-13-6-4-3-5-10(11)13/h3-6,8H,1-2H3. The minimum atomic E-state index is 0.555. The first-order valence-corrected chi connectivity index (χ1v) is 5.62. The first kappa shape index (κ1) is 10.6. The number of para-hydroxylation sites is 1. The molecule has 4 nitrogen and oxygen atoms in total. The summed E-state index contributed by atoms with van der Waals surface area (Å²) in [6, 6.07) is 9.94. The van der Waals surface area contributed by atoms with Gasteiger partial charge in [0.25, 0.3) is 0 Å². The predicted molar refractivity (Wildman–Crippen MR) is 67.9 cm³/mol. The SMILES string of the molecule is Cc1nc(-c2coc3ccccc23)c(C#N)n1C. The first-order chi connectivity index (χ1) is 8.72. The van der Waals surface area contributed by atoms with Crippen molar-refractivity contribution in [3.8, 4) is 17.3 Å². The molecule has 0 bridgehead atoms. The van der Waals surface area contributed by atoms with E-state index in [0.29, 0.717) is 11.4 Å². The van der Waals surface area contributed by atoms with Gasteiger partial charge in [-0.25, -0.2) is 4.98 Å². The molecule has 0 radical (unpaired) electrons. The third-order valence-electron chi connectivity index (χ3n) is 3.16. The van der Waals surface area contributed by atoms with E-state index in [0.717, 1.165) is 22.4 Å². The Morgan fingerprint density at radius 3 is 2.89 bits per heavy atom. The van der Waals surface area contributed by atoms with Gasteiger partial charge in [-0.3, -0.25) is 0 Å². The van der Waals surface area contributed by atoms with Crippen LogP contribution < -0.4 is 0 Å². The molecule has 0 N–H and O–H groups in total. The van der Waals surface area contributed by atoms with Crippen LogP contribution in [0.15, 0.2) is 34.9 Å². The summed E-state index contributed by atoms with van der Waals surface area (Å²) < 4.78 is 7.28. The van der Waals surface area contributed by atoms with Gasteiger partial charge in [-0.2, -0.15) is 5.26 Å². The molecule has 0 amide bonds. The van der Waals surface area contributed by atoms with Gasteiger partial charge in [0.05, 0.1) is 0 Å². The number of hydrogen-bond acceptors (Lipinski definition) is 3. The molecule has 0 spiro atoms. The van der Waals surface area contributed by atoms with Crippen molar-refractivity contribution in [2.45, 2.75) is 6.92 Å². The van der Waals surface area contributed by atoms with Gasteiger partial charge in [0.2, 0.25) is 0 Å². The Labute approximate surface area is 104 Å². The summed E-state index contributed by atoms with van der Waals surface area (Å²) in [6.07, 6.45) is 1.66. The van der Waals surface area contributed by atoms with E-state index in [2.05, 4.69) is 11.1 Å². The van der Waals surface area contributed by atoms with Crippen LogP contribution in [-0.2, 0) is 7.05 Å². The van der Waals surface area contributed by atoms with Gasteiger partial charge >= 0.3 is 0 Å². The molecular weight excluding hydrogens is 226 g/mol. The van der Waals surface area contributed by atoms with Crippen LogP contribution in [0.5, 0.6) is 0 Å². The third kappa shape index (κ3) is 1.34. The van der Waals surface area contributed by atoms with Crippen LogP contribution >= 0.6 is 0 Å². The molecule has 0 aliphatic heterocycles. The maximum Gasteiger partial charge on any atom is 0.148 e. The first-order valence-electron chi connectivity index (χ1n) is 5.62. The van der Waals surface area contributed by atoms with Crippen molar-refractivity contribution in [3.05, 3.63) is 42.0 Å². The second-order valence-corrected chi connectivity index (χ2v) is 4.17. The quantitative estimate of drug-likeness (QED) is 0.653. The second-order valence-electron chi connectivity index (χ2n) is 4.17. The fourth-order valence-electron chi connectivity index (χ4n) is 2.09. The number of aromatic nitrogens is 2. The molecule has 88 valence electrons. The largest absolute Gasteiger partial charge is 0.464 e. The smallest absolute Gasteiger partial charge is 0.148 e. The Bertz CT molecular complexity index is 774. The zero-order valence-corrected chi connectivity index (χ0v) is 10.1. The molecule has 0 fully saturated rings. The molecule has 0 atom stereocenters. The van der Waals surface area contributed by atoms with Crippen molar-refractivity contribution in [3.63, 3.8) is 0 Å². The molecule has 18 heavy (non-hydrogen) atoms. The lowest BCUT2D eigenvalue weighted by Gasteiger charge is -1.95. The minimum Gasteiger partial charge on any atom is -0.464 e. The lowest BCUT2D eigenvalue weighted by Crippen LogP contribution is -1.94.